The normalized spacial score (nSPS) is 21.8. The van der Waals surface area contributed by atoms with Crippen molar-refractivity contribution in [2.45, 2.75) is 52.2 Å². The van der Waals surface area contributed by atoms with Crippen LogP contribution in [-0.2, 0) is 14.1 Å². The van der Waals surface area contributed by atoms with Crippen LogP contribution in [0.25, 0.3) is 5.31 Å². The summed E-state index contributed by atoms with van der Waals surface area (Å²) in [6.07, 6.45) is 0. The van der Waals surface area contributed by atoms with Crippen LogP contribution in [0.4, 0.5) is 13.2 Å². The van der Waals surface area contributed by atoms with Gasteiger partial charge < -0.3 is 0 Å². The average molecular weight is 410 g/mol. The van der Waals surface area contributed by atoms with Gasteiger partial charge in [-0.25, -0.2) is 0 Å². The Morgan fingerprint density at radius 2 is 1.38 bits per heavy atom. The van der Waals surface area contributed by atoms with Crippen LogP contribution < -0.4 is 0 Å². The fourth-order valence-electron chi connectivity index (χ4n) is 3.74. The Balaban J connectivity index is 2.81. The molecule has 1 aromatic rings. The van der Waals surface area contributed by atoms with E-state index in [1.54, 1.807) is 57.8 Å². The van der Waals surface area contributed by atoms with Gasteiger partial charge in [-0.05, 0) is 0 Å². The second kappa shape index (κ2) is 5.55. The molecular formula is C18H26F3O3PS. The predicted molar refractivity (Wildman–Crippen MR) is 101 cm³/mol. The first-order valence-electron chi connectivity index (χ1n) is 8.23. The van der Waals surface area contributed by atoms with Crippen molar-refractivity contribution >= 4 is 22.3 Å². The molecule has 1 aromatic carbocycles. The van der Waals surface area contributed by atoms with Crippen LogP contribution in [0, 0.1) is 5.41 Å². The molecule has 0 aliphatic carbocycles. The van der Waals surface area contributed by atoms with Crippen molar-refractivity contribution in [3.63, 3.8) is 0 Å². The van der Waals surface area contributed by atoms with E-state index in [4.69, 9.17) is 3.97 Å². The van der Waals surface area contributed by atoms with Gasteiger partial charge in [-0.3, -0.25) is 0 Å². The Hall–Kier alpha value is -0.910. The molecule has 0 bridgehead atoms. The van der Waals surface area contributed by atoms with E-state index in [9.17, 15) is 21.6 Å². The summed E-state index contributed by atoms with van der Waals surface area (Å²) in [4.78, 5) is 0. The first-order chi connectivity index (χ1) is 11.4. The quantitative estimate of drug-likeness (QED) is 0.442. The first-order valence-corrected chi connectivity index (χ1v) is 12.2. The SMILES string of the molecule is CC(C)(C)C1=C(c2ccccc2)P1(C)(OS(=O)(=O)C(F)(F)F)C(C)(C)C. The van der Waals surface area contributed by atoms with Gasteiger partial charge in [0.2, 0.25) is 0 Å². The van der Waals surface area contributed by atoms with E-state index in [0.717, 1.165) is 0 Å². The summed E-state index contributed by atoms with van der Waals surface area (Å²) in [6.45, 7) is 8.44. The molecule has 1 aliphatic heterocycles. The minimum absolute atomic E-state index is 0.536. The Kier molecular flexibility index (Phi) is 4.57. The van der Waals surface area contributed by atoms with Crippen LogP contribution in [0.1, 0.15) is 47.1 Å². The fourth-order valence-corrected chi connectivity index (χ4v) is 13.1. The zero-order valence-electron chi connectivity index (χ0n) is 16.1. The summed E-state index contributed by atoms with van der Waals surface area (Å²) in [7, 11) is -5.75. The van der Waals surface area contributed by atoms with Gasteiger partial charge in [0.1, 0.15) is 0 Å². The topological polar surface area (TPSA) is 43.4 Å². The molecule has 0 saturated carbocycles. The Labute approximate surface area is 153 Å². The van der Waals surface area contributed by atoms with Gasteiger partial charge >= 0.3 is 153 Å². The molecule has 26 heavy (non-hydrogen) atoms. The van der Waals surface area contributed by atoms with Gasteiger partial charge in [-0.15, -0.1) is 0 Å². The van der Waals surface area contributed by atoms with Gasteiger partial charge in [0.05, 0.1) is 0 Å². The number of allylic oxidation sites excluding steroid dienone is 1. The minimum atomic E-state index is -5.75. The molecule has 2 rings (SSSR count). The van der Waals surface area contributed by atoms with Crippen molar-refractivity contribution in [3.8, 4) is 0 Å². The average Bonchev–Trinajstić information content (AvgIpc) is 3.00. The molecule has 0 saturated heterocycles. The van der Waals surface area contributed by atoms with Crippen LogP contribution in [0.5, 0.6) is 0 Å². The molecule has 0 radical (unpaired) electrons. The van der Waals surface area contributed by atoms with E-state index < -0.39 is 33.0 Å². The van der Waals surface area contributed by atoms with Crippen LogP contribution in [0.3, 0.4) is 0 Å². The summed E-state index contributed by atoms with van der Waals surface area (Å²) < 4.78 is 69.0. The molecule has 0 unspecified atom stereocenters. The van der Waals surface area contributed by atoms with E-state index in [2.05, 4.69) is 0 Å². The maximum absolute atomic E-state index is 13.2. The Bertz CT molecular complexity index is 862. The molecule has 0 atom stereocenters. The summed E-state index contributed by atoms with van der Waals surface area (Å²) in [5.74, 6) is 0. The molecule has 0 fully saturated rings. The molecule has 0 aromatic heterocycles. The van der Waals surface area contributed by atoms with E-state index >= 15 is 0 Å². The second-order valence-electron chi connectivity index (χ2n) is 8.92. The van der Waals surface area contributed by atoms with E-state index in [1.807, 2.05) is 20.8 Å². The van der Waals surface area contributed by atoms with Gasteiger partial charge in [0, 0.05) is 0 Å². The molecule has 1 heterocycles. The molecule has 3 nitrogen and oxygen atoms in total. The Morgan fingerprint density at radius 3 is 1.73 bits per heavy atom. The van der Waals surface area contributed by atoms with Crippen molar-refractivity contribution in [2.75, 3.05) is 6.66 Å². The molecule has 1 aliphatic rings. The molecule has 0 spiro atoms. The van der Waals surface area contributed by atoms with E-state index in [1.165, 1.54) is 0 Å². The number of hydrogen-bond donors (Lipinski definition) is 0. The number of alkyl halides is 3. The van der Waals surface area contributed by atoms with Crippen molar-refractivity contribution in [1.82, 2.24) is 0 Å². The van der Waals surface area contributed by atoms with Gasteiger partial charge in [-0.1, -0.05) is 0 Å². The zero-order chi connectivity index (χ0) is 20.4. The fraction of sp³-hybridized carbons (Fsp3) is 0.556. The second-order valence-corrected chi connectivity index (χ2v) is 16.0. The molecule has 0 amide bonds. The third kappa shape index (κ3) is 2.83. The van der Waals surface area contributed by atoms with Gasteiger partial charge in [-0.2, -0.15) is 0 Å². The van der Waals surface area contributed by atoms with Crippen LogP contribution in [0.15, 0.2) is 35.6 Å². The standard InChI is InChI=1S/C18H26F3O3PS/c1-16(2,3)15-14(13-11-9-8-10-12-13)25(15,7,17(4,5)6)24-26(22,23)18(19,20)21/h8-12H,1-7H3. The van der Waals surface area contributed by atoms with E-state index in [0.29, 0.717) is 16.2 Å². The summed E-state index contributed by atoms with van der Waals surface area (Å²) >= 11 is 0. The predicted octanol–water partition coefficient (Wildman–Crippen LogP) is 6.18. The number of benzene rings is 1. The van der Waals surface area contributed by atoms with Crippen molar-refractivity contribution in [1.29, 1.82) is 0 Å². The summed E-state index contributed by atoms with van der Waals surface area (Å²) in [6, 6.07) is 8.94. The molecule has 148 valence electrons. The van der Waals surface area contributed by atoms with Crippen molar-refractivity contribution in [3.05, 3.63) is 41.2 Å². The zero-order valence-corrected chi connectivity index (χ0v) is 17.8. The van der Waals surface area contributed by atoms with Crippen LogP contribution >= 0.6 is 6.83 Å². The monoisotopic (exact) mass is 410 g/mol. The maximum atomic E-state index is 13.2. The van der Waals surface area contributed by atoms with Gasteiger partial charge in [0.25, 0.3) is 0 Å². The third-order valence-electron chi connectivity index (χ3n) is 5.19. The summed E-state index contributed by atoms with van der Waals surface area (Å²) in [5, 5.41) is 0.497. The number of halogens is 3. The Morgan fingerprint density at radius 1 is 0.923 bits per heavy atom. The van der Waals surface area contributed by atoms with Crippen molar-refractivity contribution < 1.29 is 25.6 Å². The van der Waals surface area contributed by atoms with Crippen LogP contribution in [-0.4, -0.2) is 25.7 Å². The first kappa shape index (κ1) is 21.4. The van der Waals surface area contributed by atoms with Crippen LogP contribution in [0.2, 0.25) is 0 Å². The summed E-state index contributed by atoms with van der Waals surface area (Å²) in [5.41, 5.74) is -5.29. The number of rotatable bonds is 3. The third-order valence-corrected chi connectivity index (χ3v) is 14.6. The molecule has 8 heteroatoms. The molecule has 0 N–H and O–H groups in total. The van der Waals surface area contributed by atoms with Crippen molar-refractivity contribution in [2.24, 2.45) is 5.41 Å². The van der Waals surface area contributed by atoms with E-state index in [-0.39, 0.29) is 0 Å². The van der Waals surface area contributed by atoms with Gasteiger partial charge in [0.15, 0.2) is 0 Å². The number of hydrogen-bond acceptors (Lipinski definition) is 3. The molecular weight excluding hydrogens is 384 g/mol.